The van der Waals surface area contributed by atoms with Crippen molar-refractivity contribution in [3.05, 3.63) is 58.5 Å². The maximum atomic E-state index is 12.0. The third-order valence-corrected chi connectivity index (χ3v) is 3.30. The number of aryl methyl sites for hydroxylation is 1. The van der Waals surface area contributed by atoms with Gasteiger partial charge in [-0.2, -0.15) is 5.10 Å². The highest BCUT2D eigenvalue weighted by molar-refractivity contribution is 5.88. The van der Waals surface area contributed by atoms with Crippen LogP contribution in [0, 0.1) is 6.92 Å². The number of hydrogen-bond acceptors (Lipinski definition) is 3. The topological polar surface area (TPSA) is 87.6 Å². The largest absolute Gasteiger partial charge is 0.382 e. The van der Waals surface area contributed by atoms with Crippen LogP contribution in [-0.4, -0.2) is 15.2 Å². The molecule has 2 aromatic heterocycles. The van der Waals surface area contributed by atoms with Crippen LogP contribution < -0.4 is 11.2 Å². The van der Waals surface area contributed by atoms with Crippen LogP contribution in [0.3, 0.4) is 0 Å². The molecule has 1 aromatic carbocycles. The van der Waals surface area contributed by atoms with E-state index in [0.29, 0.717) is 17.1 Å². The first kappa shape index (κ1) is 12.2. The van der Waals surface area contributed by atoms with Crippen LogP contribution >= 0.6 is 0 Å². The number of pyridine rings is 1. The molecule has 0 fully saturated rings. The Labute approximate surface area is 115 Å². The van der Waals surface area contributed by atoms with Crippen LogP contribution in [0.15, 0.2) is 47.5 Å². The average Bonchev–Trinajstić information content (AvgIpc) is 2.82. The molecule has 100 valence electrons. The summed E-state index contributed by atoms with van der Waals surface area (Å²) in [5.74, 6) is 0.387. The maximum Gasteiger partial charge on any atom is 0.190 e. The molecule has 0 aliphatic rings. The van der Waals surface area contributed by atoms with E-state index in [1.807, 2.05) is 31.2 Å². The van der Waals surface area contributed by atoms with E-state index < -0.39 is 0 Å². The molecule has 0 atom stereocenters. The van der Waals surface area contributed by atoms with Gasteiger partial charge in [0.2, 0.25) is 0 Å². The first-order valence-electron chi connectivity index (χ1n) is 6.26. The van der Waals surface area contributed by atoms with Crippen molar-refractivity contribution >= 4 is 5.82 Å². The van der Waals surface area contributed by atoms with Crippen LogP contribution in [0.2, 0.25) is 0 Å². The minimum atomic E-state index is -0.0813. The Hall–Kier alpha value is -2.82. The first-order chi connectivity index (χ1) is 9.68. The van der Waals surface area contributed by atoms with E-state index in [1.165, 1.54) is 6.07 Å². The van der Waals surface area contributed by atoms with Crippen LogP contribution in [0.25, 0.3) is 22.4 Å². The standard InChI is InChI=1S/C15H14N4O/c1-9-4-2-3-5-10(9)13-14(18-19-15(13)16)11-8-17-7-6-12(11)20/h2-8H,1H3,(H,17,20)(H3,16,18,19). The van der Waals surface area contributed by atoms with Gasteiger partial charge in [0, 0.05) is 18.5 Å². The Balaban J connectivity index is 2.29. The number of nitrogens with one attached hydrogen (secondary N) is 2. The fourth-order valence-electron chi connectivity index (χ4n) is 2.29. The number of benzene rings is 1. The Bertz CT molecular complexity index is 816. The smallest absolute Gasteiger partial charge is 0.190 e. The lowest BCUT2D eigenvalue weighted by Crippen LogP contribution is -2.04. The van der Waals surface area contributed by atoms with E-state index in [9.17, 15) is 4.79 Å². The summed E-state index contributed by atoms with van der Waals surface area (Å²) in [6.07, 6.45) is 3.25. The van der Waals surface area contributed by atoms with E-state index in [2.05, 4.69) is 15.2 Å². The van der Waals surface area contributed by atoms with Gasteiger partial charge >= 0.3 is 0 Å². The fourth-order valence-corrected chi connectivity index (χ4v) is 2.29. The third kappa shape index (κ3) is 1.89. The molecule has 2 heterocycles. The Morgan fingerprint density at radius 2 is 1.95 bits per heavy atom. The van der Waals surface area contributed by atoms with Gasteiger partial charge in [0.25, 0.3) is 0 Å². The third-order valence-electron chi connectivity index (χ3n) is 3.30. The highest BCUT2D eigenvalue weighted by Gasteiger charge is 2.17. The number of aromatic amines is 2. The summed E-state index contributed by atoms with van der Waals surface area (Å²) in [5, 5.41) is 6.91. The second-order valence-electron chi connectivity index (χ2n) is 4.60. The summed E-state index contributed by atoms with van der Waals surface area (Å²) in [4.78, 5) is 14.9. The normalized spacial score (nSPS) is 10.7. The van der Waals surface area contributed by atoms with Gasteiger partial charge in [0.15, 0.2) is 11.2 Å². The number of nitrogens with two attached hydrogens (primary N) is 1. The molecule has 0 saturated heterocycles. The van der Waals surface area contributed by atoms with Crippen molar-refractivity contribution in [3.63, 3.8) is 0 Å². The van der Waals surface area contributed by atoms with Crippen LogP contribution in [0.4, 0.5) is 5.82 Å². The van der Waals surface area contributed by atoms with Crippen molar-refractivity contribution in [1.29, 1.82) is 0 Å². The van der Waals surface area contributed by atoms with Crippen LogP contribution in [0.1, 0.15) is 5.56 Å². The number of rotatable bonds is 2. The fraction of sp³-hybridized carbons (Fsp3) is 0.0667. The lowest BCUT2D eigenvalue weighted by Gasteiger charge is -2.07. The maximum absolute atomic E-state index is 12.0. The molecule has 5 nitrogen and oxygen atoms in total. The van der Waals surface area contributed by atoms with Gasteiger partial charge in [-0.05, 0) is 18.1 Å². The van der Waals surface area contributed by atoms with Gasteiger partial charge < -0.3 is 10.7 Å². The van der Waals surface area contributed by atoms with E-state index >= 15 is 0 Å². The molecule has 0 bridgehead atoms. The quantitative estimate of drug-likeness (QED) is 0.665. The van der Waals surface area contributed by atoms with E-state index in [4.69, 9.17) is 5.73 Å². The Morgan fingerprint density at radius 3 is 2.70 bits per heavy atom. The second kappa shape index (κ2) is 4.70. The van der Waals surface area contributed by atoms with Gasteiger partial charge in [-0.3, -0.25) is 9.89 Å². The number of H-pyrrole nitrogens is 2. The van der Waals surface area contributed by atoms with Crippen molar-refractivity contribution in [3.8, 4) is 22.4 Å². The summed E-state index contributed by atoms with van der Waals surface area (Å²) in [5.41, 5.74) is 9.87. The summed E-state index contributed by atoms with van der Waals surface area (Å²) in [6, 6.07) is 9.35. The zero-order chi connectivity index (χ0) is 14.1. The predicted molar refractivity (Wildman–Crippen MR) is 79.2 cm³/mol. The molecule has 3 rings (SSSR count). The number of aromatic nitrogens is 3. The molecule has 0 aliphatic carbocycles. The SMILES string of the molecule is Cc1ccccc1-c1c(N)n[nH]c1-c1c[nH]ccc1=O. The summed E-state index contributed by atoms with van der Waals surface area (Å²) in [6.45, 7) is 2.00. The Kier molecular flexibility index (Phi) is 2.87. The van der Waals surface area contributed by atoms with E-state index in [0.717, 1.165) is 16.7 Å². The monoisotopic (exact) mass is 266 g/mol. The number of hydrogen-bond donors (Lipinski definition) is 3. The first-order valence-corrected chi connectivity index (χ1v) is 6.26. The van der Waals surface area contributed by atoms with Gasteiger partial charge in [-0.1, -0.05) is 24.3 Å². The van der Waals surface area contributed by atoms with Gasteiger partial charge in [-0.25, -0.2) is 0 Å². The molecule has 0 unspecified atom stereocenters. The average molecular weight is 266 g/mol. The number of anilines is 1. The lowest BCUT2D eigenvalue weighted by molar-refractivity contribution is 1.10. The van der Waals surface area contributed by atoms with Crippen molar-refractivity contribution in [2.24, 2.45) is 0 Å². The number of nitrogen functional groups attached to an aromatic ring is 1. The Morgan fingerprint density at radius 1 is 1.15 bits per heavy atom. The van der Waals surface area contributed by atoms with Crippen LogP contribution in [-0.2, 0) is 0 Å². The minimum Gasteiger partial charge on any atom is -0.382 e. The second-order valence-corrected chi connectivity index (χ2v) is 4.60. The van der Waals surface area contributed by atoms with Gasteiger partial charge in [0.1, 0.15) is 0 Å². The van der Waals surface area contributed by atoms with Crippen molar-refractivity contribution in [1.82, 2.24) is 15.2 Å². The predicted octanol–water partition coefficient (Wildman–Crippen LogP) is 2.32. The van der Waals surface area contributed by atoms with Crippen molar-refractivity contribution < 1.29 is 0 Å². The molecule has 5 heteroatoms. The molecule has 20 heavy (non-hydrogen) atoms. The van der Waals surface area contributed by atoms with E-state index in [-0.39, 0.29) is 5.43 Å². The molecular formula is C15H14N4O. The molecule has 0 radical (unpaired) electrons. The highest BCUT2D eigenvalue weighted by Crippen LogP contribution is 2.34. The minimum absolute atomic E-state index is 0.0813. The molecule has 0 spiro atoms. The highest BCUT2D eigenvalue weighted by atomic mass is 16.1. The lowest BCUT2D eigenvalue weighted by atomic mass is 9.98. The summed E-state index contributed by atoms with van der Waals surface area (Å²) in [7, 11) is 0. The molecule has 0 amide bonds. The zero-order valence-corrected chi connectivity index (χ0v) is 11.0. The number of nitrogens with zero attached hydrogens (tertiary/aromatic N) is 1. The molecule has 3 aromatic rings. The van der Waals surface area contributed by atoms with Gasteiger partial charge in [0.05, 0.1) is 16.8 Å². The zero-order valence-electron chi connectivity index (χ0n) is 11.0. The van der Waals surface area contributed by atoms with Gasteiger partial charge in [-0.15, -0.1) is 0 Å². The molecule has 4 N–H and O–H groups in total. The molecular weight excluding hydrogens is 252 g/mol. The summed E-state index contributed by atoms with van der Waals surface area (Å²) < 4.78 is 0. The van der Waals surface area contributed by atoms with Crippen molar-refractivity contribution in [2.75, 3.05) is 5.73 Å². The summed E-state index contributed by atoms with van der Waals surface area (Å²) >= 11 is 0. The van der Waals surface area contributed by atoms with E-state index in [1.54, 1.807) is 12.4 Å². The van der Waals surface area contributed by atoms with Crippen LogP contribution in [0.5, 0.6) is 0 Å². The van der Waals surface area contributed by atoms with Crippen molar-refractivity contribution in [2.45, 2.75) is 6.92 Å². The molecule has 0 saturated carbocycles. The molecule has 0 aliphatic heterocycles.